The first-order chi connectivity index (χ1) is 8.63. The molecule has 1 rings (SSSR count). The summed E-state index contributed by atoms with van der Waals surface area (Å²) in [7, 11) is 3.33. The van der Waals surface area contributed by atoms with Crippen molar-refractivity contribution in [1.82, 2.24) is 0 Å². The SMILES string of the molecule is CCCC(C)CC(N)c1c(OC)cccc1OC. The zero-order chi connectivity index (χ0) is 13.5. The van der Waals surface area contributed by atoms with Crippen molar-refractivity contribution >= 4 is 0 Å². The molecule has 1 aromatic carbocycles. The topological polar surface area (TPSA) is 44.5 Å². The lowest BCUT2D eigenvalue weighted by Gasteiger charge is -2.21. The van der Waals surface area contributed by atoms with Gasteiger partial charge in [0.2, 0.25) is 0 Å². The van der Waals surface area contributed by atoms with Gasteiger partial charge in [0, 0.05) is 6.04 Å². The average molecular weight is 251 g/mol. The average Bonchev–Trinajstić information content (AvgIpc) is 2.37. The maximum atomic E-state index is 6.32. The Labute approximate surface area is 110 Å². The zero-order valence-corrected chi connectivity index (χ0v) is 11.9. The highest BCUT2D eigenvalue weighted by Crippen LogP contribution is 2.35. The van der Waals surface area contributed by atoms with E-state index in [1.165, 1.54) is 12.8 Å². The van der Waals surface area contributed by atoms with E-state index >= 15 is 0 Å². The number of nitrogens with two attached hydrogens (primary N) is 1. The highest BCUT2D eigenvalue weighted by Gasteiger charge is 2.19. The molecule has 3 heteroatoms. The number of benzene rings is 1. The van der Waals surface area contributed by atoms with E-state index in [4.69, 9.17) is 15.2 Å². The summed E-state index contributed by atoms with van der Waals surface area (Å²) in [5, 5.41) is 0. The molecule has 0 bridgehead atoms. The molecule has 2 N–H and O–H groups in total. The monoisotopic (exact) mass is 251 g/mol. The predicted molar refractivity (Wildman–Crippen MR) is 75.2 cm³/mol. The molecule has 0 saturated carbocycles. The molecule has 0 spiro atoms. The summed E-state index contributed by atoms with van der Waals surface area (Å²) >= 11 is 0. The van der Waals surface area contributed by atoms with Gasteiger partial charge in [0.15, 0.2) is 0 Å². The van der Waals surface area contributed by atoms with E-state index in [9.17, 15) is 0 Å². The fourth-order valence-corrected chi connectivity index (χ4v) is 2.41. The van der Waals surface area contributed by atoms with Crippen LogP contribution in [0.3, 0.4) is 0 Å². The van der Waals surface area contributed by atoms with Crippen molar-refractivity contribution in [2.45, 2.75) is 39.2 Å². The number of hydrogen-bond donors (Lipinski definition) is 1. The second-order valence-corrected chi connectivity index (χ2v) is 4.81. The normalized spacial score (nSPS) is 14.1. The highest BCUT2D eigenvalue weighted by molar-refractivity contribution is 5.46. The Kier molecular flexibility index (Phi) is 5.99. The molecule has 0 saturated heterocycles. The van der Waals surface area contributed by atoms with E-state index in [2.05, 4.69) is 13.8 Å². The standard InChI is InChI=1S/C15H25NO2/c1-5-7-11(2)10-12(16)15-13(17-3)8-6-9-14(15)18-4/h6,8-9,11-12H,5,7,10,16H2,1-4H3. The first-order valence-corrected chi connectivity index (χ1v) is 6.60. The van der Waals surface area contributed by atoms with Crippen molar-refractivity contribution < 1.29 is 9.47 Å². The Morgan fingerprint density at radius 2 is 1.72 bits per heavy atom. The smallest absolute Gasteiger partial charge is 0.127 e. The molecule has 0 aromatic heterocycles. The summed E-state index contributed by atoms with van der Waals surface area (Å²) in [6.07, 6.45) is 3.34. The molecule has 0 aliphatic rings. The zero-order valence-electron chi connectivity index (χ0n) is 11.9. The Morgan fingerprint density at radius 3 is 2.17 bits per heavy atom. The summed E-state index contributed by atoms with van der Waals surface area (Å²) in [5.74, 6) is 2.23. The molecule has 18 heavy (non-hydrogen) atoms. The minimum absolute atomic E-state index is 0.0438. The van der Waals surface area contributed by atoms with Crippen LogP contribution in [0.2, 0.25) is 0 Å². The van der Waals surface area contributed by atoms with E-state index < -0.39 is 0 Å². The first-order valence-electron chi connectivity index (χ1n) is 6.60. The second-order valence-electron chi connectivity index (χ2n) is 4.81. The third-order valence-electron chi connectivity index (χ3n) is 3.27. The van der Waals surface area contributed by atoms with Crippen molar-refractivity contribution in [2.75, 3.05) is 14.2 Å². The van der Waals surface area contributed by atoms with E-state index in [0.717, 1.165) is 23.5 Å². The van der Waals surface area contributed by atoms with Gasteiger partial charge in [-0.15, -0.1) is 0 Å². The van der Waals surface area contributed by atoms with Crippen LogP contribution in [0.5, 0.6) is 11.5 Å². The molecule has 2 atom stereocenters. The number of methoxy groups -OCH3 is 2. The molecule has 102 valence electrons. The minimum Gasteiger partial charge on any atom is -0.496 e. The molecule has 3 nitrogen and oxygen atoms in total. The fraction of sp³-hybridized carbons (Fsp3) is 0.600. The molecule has 0 aliphatic carbocycles. The van der Waals surface area contributed by atoms with Crippen LogP contribution >= 0.6 is 0 Å². The maximum Gasteiger partial charge on any atom is 0.127 e. The van der Waals surface area contributed by atoms with Crippen LogP contribution in [0, 0.1) is 5.92 Å². The highest BCUT2D eigenvalue weighted by atomic mass is 16.5. The van der Waals surface area contributed by atoms with Crippen molar-refractivity contribution in [3.8, 4) is 11.5 Å². The van der Waals surface area contributed by atoms with Gasteiger partial charge in [-0.2, -0.15) is 0 Å². The van der Waals surface area contributed by atoms with Crippen LogP contribution < -0.4 is 15.2 Å². The lowest BCUT2D eigenvalue weighted by Crippen LogP contribution is -2.16. The lowest BCUT2D eigenvalue weighted by atomic mass is 9.92. The van der Waals surface area contributed by atoms with Crippen LogP contribution in [-0.4, -0.2) is 14.2 Å². The lowest BCUT2D eigenvalue weighted by molar-refractivity contribution is 0.365. The van der Waals surface area contributed by atoms with Crippen molar-refractivity contribution in [1.29, 1.82) is 0 Å². The van der Waals surface area contributed by atoms with Gasteiger partial charge < -0.3 is 15.2 Å². The molecular weight excluding hydrogens is 226 g/mol. The summed E-state index contributed by atoms with van der Waals surface area (Å²) in [6.45, 7) is 4.44. The van der Waals surface area contributed by atoms with Gasteiger partial charge in [-0.05, 0) is 24.5 Å². The summed E-state index contributed by atoms with van der Waals surface area (Å²) in [6, 6.07) is 5.74. The van der Waals surface area contributed by atoms with Crippen LogP contribution in [0.15, 0.2) is 18.2 Å². The fourth-order valence-electron chi connectivity index (χ4n) is 2.41. The molecule has 0 radical (unpaired) electrons. The van der Waals surface area contributed by atoms with Gasteiger partial charge in [-0.3, -0.25) is 0 Å². The van der Waals surface area contributed by atoms with Crippen LogP contribution in [0.1, 0.15) is 44.7 Å². The van der Waals surface area contributed by atoms with Crippen molar-refractivity contribution in [2.24, 2.45) is 11.7 Å². The van der Waals surface area contributed by atoms with Crippen LogP contribution in [-0.2, 0) is 0 Å². The Morgan fingerprint density at radius 1 is 1.17 bits per heavy atom. The van der Waals surface area contributed by atoms with Gasteiger partial charge in [0.25, 0.3) is 0 Å². The number of hydrogen-bond acceptors (Lipinski definition) is 3. The second kappa shape index (κ2) is 7.27. The molecule has 0 aliphatic heterocycles. The van der Waals surface area contributed by atoms with E-state index in [0.29, 0.717) is 5.92 Å². The largest absolute Gasteiger partial charge is 0.496 e. The van der Waals surface area contributed by atoms with Crippen molar-refractivity contribution in [3.05, 3.63) is 23.8 Å². The van der Waals surface area contributed by atoms with Crippen LogP contribution in [0.25, 0.3) is 0 Å². The third-order valence-corrected chi connectivity index (χ3v) is 3.27. The van der Waals surface area contributed by atoms with E-state index in [1.54, 1.807) is 14.2 Å². The van der Waals surface area contributed by atoms with E-state index in [1.807, 2.05) is 18.2 Å². The minimum atomic E-state index is -0.0438. The Hall–Kier alpha value is -1.22. The van der Waals surface area contributed by atoms with Gasteiger partial charge in [0.1, 0.15) is 11.5 Å². The Balaban J connectivity index is 2.92. The van der Waals surface area contributed by atoms with Crippen molar-refractivity contribution in [3.63, 3.8) is 0 Å². The molecule has 2 unspecified atom stereocenters. The van der Waals surface area contributed by atoms with Gasteiger partial charge >= 0.3 is 0 Å². The maximum absolute atomic E-state index is 6.32. The molecule has 0 heterocycles. The van der Waals surface area contributed by atoms with Gasteiger partial charge in [-0.25, -0.2) is 0 Å². The van der Waals surface area contributed by atoms with Crippen LogP contribution in [0.4, 0.5) is 0 Å². The number of ether oxygens (including phenoxy) is 2. The number of rotatable bonds is 7. The molecule has 0 amide bonds. The quantitative estimate of drug-likeness (QED) is 0.806. The summed E-state index contributed by atoms with van der Waals surface area (Å²) in [5.41, 5.74) is 7.30. The van der Waals surface area contributed by atoms with E-state index in [-0.39, 0.29) is 6.04 Å². The predicted octanol–water partition coefficient (Wildman–Crippen LogP) is 3.53. The molecular formula is C15H25NO2. The molecule has 0 fully saturated rings. The molecule has 1 aromatic rings. The third kappa shape index (κ3) is 3.64. The first kappa shape index (κ1) is 14.8. The summed E-state index contributed by atoms with van der Waals surface area (Å²) < 4.78 is 10.8. The summed E-state index contributed by atoms with van der Waals surface area (Å²) in [4.78, 5) is 0. The Bertz CT molecular complexity index is 343. The van der Waals surface area contributed by atoms with Gasteiger partial charge in [-0.1, -0.05) is 32.8 Å². The van der Waals surface area contributed by atoms with Gasteiger partial charge in [0.05, 0.1) is 19.8 Å².